The van der Waals surface area contributed by atoms with Crippen LogP contribution in [0.4, 0.5) is 0 Å². The highest BCUT2D eigenvalue weighted by atomic mass is 32.2. The molecule has 0 bridgehead atoms. The summed E-state index contributed by atoms with van der Waals surface area (Å²) in [6.45, 7) is 1.92. The van der Waals surface area contributed by atoms with Crippen molar-refractivity contribution < 1.29 is 19.4 Å². The van der Waals surface area contributed by atoms with Crippen LogP contribution in [0.25, 0.3) is 6.08 Å². The fourth-order valence-electron chi connectivity index (χ4n) is 2.48. The van der Waals surface area contributed by atoms with Crippen molar-refractivity contribution in [3.63, 3.8) is 0 Å². The average Bonchev–Trinajstić information content (AvgIpc) is 2.94. The number of thiocarbonyl (C=S) groups is 1. The maximum Gasteiger partial charge on any atom is 0.326 e. The molecule has 7 heteroatoms. The van der Waals surface area contributed by atoms with E-state index in [2.05, 4.69) is 0 Å². The number of hydrogen-bond acceptors (Lipinski definition) is 5. The molecule has 0 aromatic heterocycles. The summed E-state index contributed by atoms with van der Waals surface area (Å²) in [5.41, 5.74) is 1.89. The van der Waals surface area contributed by atoms with Crippen molar-refractivity contribution in [3.8, 4) is 5.75 Å². The molecule has 27 heavy (non-hydrogen) atoms. The van der Waals surface area contributed by atoms with Gasteiger partial charge in [-0.25, -0.2) is 4.79 Å². The zero-order valence-corrected chi connectivity index (χ0v) is 16.1. The monoisotopic (exact) mass is 399 g/mol. The number of carboxylic acids is 1. The lowest BCUT2D eigenvalue weighted by molar-refractivity contribution is -0.144. The van der Waals surface area contributed by atoms with Crippen LogP contribution in [0.3, 0.4) is 0 Å². The minimum atomic E-state index is -1.09. The van der Waals surface area contributed by atoms with E-state index in [1.165, 1.54) is 6.92 Å². The molecule has 1 saturated heterocycles. The molecule has 1 N–H and O–H groups in total. The third-order valence-corrected chi connectivity index (χ3v) is 5.32. The van der Waals surface area contributed by atoms with Crippen molar-refractivity contribution in [1.82, 2.24) is 4.90 Å². The van der Waals surface area contributed by atoms with Gasteiger partial charge in [-0.3, -0.25) is 9.69 Å². The molecule has 3 rings (SSSR count). The van der Waals surface area contributed by atoms with E-state index < -0.39 is 12.0 Å². The first kappa shape index (κ1) is 19.1. The van der Waals surface area contributed by atoms with Gasteiger partial charge in [0, 0.05) is 0 Å². The van der Waals surface area contributed by atoms with E-state index in [4.69, 9.17) is 22.1 Å². The van der Waals surface area contributed by atoms with Crippen LogP contribution in [0.2, 0.25) is 0 Å². The van der Waals surface area contributed by atoms with Gasteiger partial charge in [0.15, 0.2) is 0 Å². The van der Waals surface area contributed by atoms with Crippen LogP contribution in [0.15, 0.2) is 59.5 Å². The predicted molar refractivity (Wildman–Crippen MR) is 109 cm³/mol. The summed E-state index contributed by atoms with van der Waals surface area (Å²) < 4.78 is 6.00. The van der Waals surface area contributed by atoms with Crippen LogP contribution in [0.1, 0.15) is 18.1 Å². The van der Waals surface area contributed by atoms with E-state index in [0.29, 0.717) is 11.5 Å². The Balaban J connectivity index is 1.68. The van der Waals surface area contributed by atoms with Gasteiger partial charge in [-0.1, -0.05) is 66.4 Å². The molecule has 0 saturated carbocycles. The second-order valence-corrected chi connectivity index (χ2v) is 7.58. The topological polar surface area (TPSA) is 66.8 Å². The molecule has 0 spiro atoms. The van der Waals surface area contributed by atoms with Crippen molar-refractivity contribution in [1.29, 1.82) is 0 Å². The summed E-state index contributed by atoms with van der Waals surface area (Å²) in [5, 5.41) is 9.12. The highest BCUT2D eigenvalue weighted by molar-refractivity contribution is 8.26. The van der Waals surface area contributed by atoms with Crippen molar-refractivity contribution in [3.05, 3.63) is 70.6 Å². The Hall–Kier alpha value is -2.64. The lowest BCUT2D eigenvalue weighted by atomic mass is 10.2. The Bertz CT molecular complexity index is 894. The van der Waals surface area contributed by atoms with Crippen LogP contribution >= 0.6 is 24.0 Å². The standard InChI is InChI=1S/C20H17NO4S2/c1-13(19(23)24)21-18(22)17(27-20(21)26)11-14-7-9-16(10-8-14)25-12-15-5-3-2-4-6-15/h2-11,13H,12H2,1H3,(H,23,24)/b17-11+. The summed E-state index contributed by atoms with van der Waals surface area (Å²) in [4.78, 5) is 25.1. The maximum absolute atomic E-state index is 12.5. The molecular weight excluding hydrogens is 382 g/mol. The molecule has 1 amide bonds. The molecule has 2 aromatic carbocycles. The summed E-state index contributed by atoms with van der Waals surface area (Å²) in [7, 11) is 0. The van der Waals surface area contributed by atoms with Crippen molar-refractivity contribution >= 4 is 46.3 Å². The van der Waals surface area contributed by atoms with Crippen LogP contribution in [0.5, 0.6) is 5.75 Å². The number of carboxylic acid groups (broad SMARTS) is 1. The first-order valence-electron chi connectivity index (χ1n) is 8.22. The molecule has 1 heterocycles. The fraction of sp³-hybridized carbons (Fsp3) is 0.150. The number of rotatable bonds is 6. The summed E-state index contributed by atoms with van der Waals surface area (Å²) >= 11 is 6.26. The van der Waals surface area contributed by atoms with Gasteiger partial charge in [0.1, 0.15) is 22.7 Å². The molecule has 1 aliphatic heterocycles. The van der Waals surface area contributed by atoms with Gasteiger partial charge < -0.3 is 9.84 Å². The molecule has 1 unspecified atom stereocenters. The predicted octanol–water partition coefficient (Wildman–Crippen LogP) is 3.94. The van der Waals surface area contributed by atoms with E-state index in [9.17, 15) is 9.59 Å². The quantitative estimate of drug-likeness (QED) is 0.586. The summed E-state index contributed by atoms with van der Waals surface area (Å²) in [5.74, 6) is -0.750. The zero-order valence-electron chi connectivity index (χ0n) is 14.5. The smallest absolute Gasteiger partial charge is 0.326 e. The first-order chi connectivity index (χ1) is 13.0. The van der Waals surface area contributed by atoms with Crippen molar-refractivity contribution in [2.75, 3.05) is 0 Å². The number of carbonyl (C=O) groups is 2. The highest BCUT2D eigenvalue weighted by Crippen LogP contribution is 2.34. The van der Waals surface area contributed by atoms with Crippen LogP contribution in [-0.2, 0) is 16.2 Å². The molecule has 138 valence electrons. The second kappa shape index (κ2) is 8.37. The first-order valence-corrected chi connectivity index (χ1v) is 9.45. The van der Waals surface area contributed by atoms with Crippen molar-refractivity contribution in [2.45, 2.75) is 19.6 Å². The molecule has 1 atom stereocenters. The summed E-state index contributed by atoms with van der Waals surface area (Å²) in [6, 6.07) is 16.2. The van der Waals surface area contributed by atoms with Gasteiger partial charge in [0.2, 0.25) is 0 Å². The third kappa shape index (κ3) is 4.56. The van der Waals surface area contributed by atoms with Gasteiger partial charge >= 0.3 is 5.97 Å². The summed E-state index contributed by atoms with van der Waals surface area (Å²) in [6.07, 6.45) is 1.70. The average molecular weight is 399 g/mol. The lowest BCUT2D eigenvalue weighted by Crippen LogP contribution is -2.41. The van der Waals surface area contributed by atoms with E-state index in [1.807, 2.05) is 54.6 Å². The Morgan fingerprint density at radius 1 is 1.22 bits per heavy atom. The number of benzene rings is 2. The fourth-order valence-corrected chi connectivity index (χ4v) is 3.90. The number of nitrogens with zero attached hydrogens (tertiary/aromatic N) is 1. The van der Waals surface area contributed by atoms with Gasteiger partial charge in [0.05, 0.1) is 4.91 Å². The molecule has 5 nitrogen and oxygen atoms in total. The van der Waals surface area contributed by atoms with Gasteiger partial charge in [-0.15, -0.1) is 0 Å². The Morgan fingerprint density at radius 2 is 1.89 bits per heavy atom. The van der Waals surface area contributed by atoms with Crippen LogP contribution in [0, 0.1) is 0 Å². The SMILES string of the molecule is CC(C(=O)O)N1C(=O)/C(=C\c2ccc(OCc3ccccc3)cc2)SC1=S. The molecular formula is C20H17NO4S2. The van der Waals surface area contributed by atoms with E-state index in [1.54, 1.807) is 6.08 Å². The number of amides is 1. The molecule has 2 aromatic rings. The van der Waals surface area contributed by atoms with Gasteiger partial charge in [0.25, 0.3) is 5.91 Å². The molecule has 1 aliphatic rings. The number of thioether (sulfide) groups is 1. The normalized spacial score (nSPS) is 16.6. The lowest BCUT2D eigenvalue weighted by Gasteiger charge is -2.18. The van der Waals surface area contributed by atoms with Gasteiger partial charge in [-0.2, -0.15) is 0 Å². The van der Waals surface area contributed by atoms with Crippen molar-refractivity contribution in [2.24, 2.45) is 0 Å². The van der Waals surface area contributed by atoms with Gasteiger partial charge in [-0.05, 0) is 36.3 Å². The highest BCUT2D eigenvalue weighted by Gasteiger charge is 2.38. The Labute approximate surface area is 166 Å². The number of ether oxygens (including phenoxy) is 1. The zero-order chi connectivity index (χ0) is 19.4. The Morgan fingerprint density at radius 3 is 2.52 bits per heavy atom. The number of carbonyl (C=O) groups excluding carboxylic acids is 1. The van der Waals surface area contributed by atoms with E-state index in [0.717, 1.165) is 33.5 Å². The minimum absolute atomic E-state index is 0.254. The molecule has 0 radical (unpaired) electrons. The molecule has 0 aliphatic carbocycles. The third-order valence-electron chi connectivity index (χ3n) is 3.99. The number of hydrogen-bond donors (Lipinski definition) is 1. The van der Waals surface area contributed by atoms with Crippen LogP contribution < -0.4 is 4.74 Å². The van der Waals surface area contributed by atoms with E-state index in [-0.39, 0.29) is 10.2 Å². The number of aliphatic carboxylic acids is 1. The largest absolute Gasteiger partial charge is 0.489 e. The van der Waals surface area contributed by atoms with Crippen LogP contribution in [-0.4, -0.2) is 32.2 Å². The minimum Gasteiger partial charge on any atom is -0.489 e. The maximum atomic E-state index is 12.5. The molecule has 1 fully saturated rings. The Kier molecular flexibility index (Phi) is 5.93. The van der Waals surface area contributed by atoms with E-state index >= 15 is 0 Å². The second-order valence-electron chi connectivity index (χ2n) is 5.91.